The summed E-state index contributed by atoms with van der Waals surface area (Å²) in [6.45, 7) is 0. The number of phenolic OH excluding ortho intramolecular Hbond substituents is 1. The summed E-state index contributed by atoms with van der Waals surface area (Å²) in [4.78, 5) is 2.24. The second-order valence-electron chi connectivity index (χ2n) is 4.38. The predicted molar refractivity (Wildman–Crippen MR) is 94.6 cm³/mol. The summed E-state index contributed by atoms with van der Waals surface area (Å²) in [5, 5.41) is 46.8. The first kappa shape index (κ1) is 17.5. The van der Waals surface area contributed by atoms with E-state index in [4.69, 9.17) is 25.8 Å². The summed E-state index contributed by atoms with van der Waals surface area (Å²) in [6.07, 6.45) is 0. The third kappa shape index (κ3) is 2.70. The molecule has 120 valence electrons. The van der Waals surface area contributed by atoms with Crippen molar-refractivity contribution in [2.75, 3.05) is 7.11 Å². The van der Waals surface area contributed by atoms with Crippen molar-refractivity contribution < 1.29 is 9.84 Å². The Hall–Kier alpha value is -2.34. The molecule has 1 aromatic carbocycles. The van der Waals surface area contributed by atoms with Crippen LogP contribution in [0.4, 0.5) is 0 Å². The van der Waals surface area contributed by atoms with Gasteiger partial charge in [-0.05, 0) is 0 Å². The summed E-state index contributed by atoms with van der Waals surface area (Å²) in [5.74, 6) is 0.490. The SMILES string of the molecule is COc1c2c(c(O)c3c1SC(=C(C#N)C#N)S3)SC(=C(C#N)C#N)S2. The predicted octanol–water partition coefficient (Wildman–Crippen LogP) is 4.31. The molecule has 0 atom stereocenters. The molecule has 0 aliphatic carbocycles. The summed E-state index contributed by atoms with van der Waals surface area (Å²) in [7, 11) is 1.48. The molecule has 2 aliphatic heterocycles. The highest BCUT2D eigenvalue weighted by Gasteiger charge is 2.37. The van der Waals surface area contributed by atoms with Gasteiger partial charge in [-0.1, -0.05) is 47.0 Å². The fourth-order valence-corrected chi connectivity index (χ4v) is 7.22. The average Bonchev–Trinajstić information content (AvgIpc) is 3.23. The Kier molecular flexibility index (Phi) is 4.81. The maximum absolute atomic E-state index is 10.6. The van der Waals surface area contributed by atoms with Crippen molar-refractivity contribution in [1.29, 1.82) is 21.0 Å². The Morgan fingerprint density at radius 1 is 0.760 bits per heavy atom. The molecule has 0 spiro atoms. The highest BCUT2D eigenvalue weighted by molar-refractivity contribution is 8.25. The van der Waals surface area contributed by atoms with Crippen LogP contribution in [0.25, 0.3) is 0 Å². The first-order valence-electron chi connectivity index (χ1n) is 6.36. The Balaban J connectivity index is 2.20. The minimum atomic E-state index is -0.0232. The zero-order valence-electron chi connectivity index (χ0n) is 12.3. The fourth-order valence-electron chi connectivity index (χ4n) is 2.04. The van der Waals surface area contributed by atoms with E-state index >= 15 is 0 Å². The van der Waals surface area contributed by atoms with Gasteiger partial charge in [-0.3, -0.25) is 0 Å². The van der Waals surface area contributed by atoms with Crippen LogP contribution in [0.5, 0.6) is 11.5 Å². The lowest BCUT2D eigenvalue weighted by Crippen LogP contribution is -1.90. The zero-order chi connectivity index (χ0) is 18.1. The van der Waals surface area contributed by atoms with Gasteiger partial charge in [0, 0.05) is 0 Å². The van der Waals surface area contributed by atoms with Crippen molar-refractivity contribution in [3.63, 3.8) is 0 Å². The Morgan fingerprint density at radius 2 is 1.12 bits per heavy atom. The van der Waals surface area contributed by atoms with Gasteiger partial charge >= 0.3 is 0 Å². The number of allylic oxidation sites excluding steroid dienone is 2. The summed E-state index contributed by atoms with van der Waals surface area (Å²) >= 11 is 4.65. The van der Waals surface area contributed by atoms with E-state index in [0.29, 0.717) is 33.8 Å². The number of ether oxygens (including phenoxy) is 1. The topological polar surface area (TPSA) is 125 Å². The molecule has 0 saturated carbocycles. The molecule has 0 saturated heterocycles. The Labute approximate surface area is 159 Å². The van der Waals surface area contributed by atoms with E-state index in [1.807, 2.05) is 24.3 Å². The molecule has 10 heteroatoms. The van der Waals surface area contributed by atoms with E-state index in [0.717, 1.165) is 23.5 Å². The van der Waals surface area contributed by atoms with Gasteiger partial charge in [-0.15, -0.1) is 0 Å². The van der Waals surface area contributed by atoms with Gasteiger partial charge < -0.3 is 9.84 Å². The van der Waals surface area contributed by atoms with Crippen LogP contribution in [0.3, 0.4) is 0 Å². The maximum Gasteiger partial charge on any atom is 0.150 e. The second kappa shape index (κ2) is 6.88. The van der Waals surface area contributed by atoms with Crippen molar-refractivity contribution in [2.24, 2.45) is 0 Å². The lowest BCUT2D eigenvalue weighted by atomic mass is 10.3. The zero-order valence-corrected chi connectivity index (χ0v) is 15.5. The van der Waals surface area contributed by atoms with Crippen molar-refractivity contribution in [2.45, 2.75) is 19.6 Å². The molecular weight excluding hydrogens is 396 g/mol. The van der Waals surface area contributed by atoms with Gasteiger partial charge in [0.2, 0.25) is 0 Å². The van der Waals surface area contributed by atoms with Crippen molar-refractivity contribution >= 4 is 47.0 Å². The van der Waals surface area contributed by atoms with E-state index in [1.165, 1.54) is 30.6 Å². The molecule has 0 aromatic heterocycles. The Bertz CT molecular complexity index is 937. The average molecular weight is 400 g/mol. The number of aromatic hydroxyl groups is 1. The standard InChI is InChI=1S/C15H4N4O2S4/c1-21-9-12-10(22-14(24-12)6(2-16)3-17)8(20)11-13(9)25-15(23-11)7(4-18)5-19/h20H,1H3. The van der Waals surface area contributed by atoms with Crippen molar-refractivity contribution in [3.05, 3.63) is 19.6 Å². The highest BCUT2D eigenvalue weighted by Crippen LogP contribution is 2.67. The number of nitrogens with zero attached hydrogens (tertiary/aromatic N) is 4. The summed E-state index contributed by atoms with van der Waals surface area (Å²) in [6, 6.07) is 7.38. The normalized spacial score (nSPS) is 13.8. The number of hydrogen-bond donors (Lipinski definition) is 1. The minimum Gasteiger partial charge on any atom is -0.505 e. The molecule has 6 nitrogen and oxygen atoms in total. The van der Waals surface area contributed by atoms with Crippen LogP contribution in [0.1, 0.15) is 0 Å². The lowest BCUT2D eigenvalue weighted by Gasteiger charge is -2.12. The van der Waals surface area contributed by atoms with Crippen LogP contribution in [0, 0.1) is 45.3 Å². The molecule has 1 N–H and O–H groups in total. The van der Waals surface area contributed by atoms with Crippen molar-refractivity contribution in [1.82, 2.24) is 0 Å². The molecule has 2 heterocycles. The van der Waals surface area contributed by atoms with E-state index in [1.54, 1.807) is 0 Å². The highest BCUT2D eigenvalue weighted by atomic mass is 32.2. The van der Waals surface area contributed by atoms with Crippen LogP contribution < -0.4 is 4.74 Å². The van der Waals surface area contributed by atoms with Gasteiger partial charge in [0.15, 0.2) is 0 Å². The monoisotopic (exact) mass is 400 g/mol. The maximum atomic E-state index is 10.6. The molecule has 3 rings (SSSR count). The van der Waals surface area contributed by atoms with Crippen LogP contribution in [0.15, 0.2) is 39.2 Å². The molecular formula is C15H4N4O2S4. The number of nitriles is 4. The van der Waals surface area contributed by atoms with Gasteiger partial charge in [-0.25, -0.2) is 0 Å². The number of rotatable bonds is 1. The summed E-state index contributed by atoms with van der Waals surface area (Å²) < 4.78 is 6.46. The first-order valence-corrected chi connectivity index (χ1v) is 9.63. The molecule has 0 bridgehead atoms. The van der Waals surface area contributed by atoms with Gasteiger partial charge in [0.1, 0.15) is 46.9 Å². The largest absolute Gasteiger partial charge is 0.505 e. The number of fused-ring (bicyclic) bond motifs is 2. The van der Waals surface area contributed by atoms with Gasteiger partial charge in [0.05, 0.1) is 35.2 Å². The van der Waals surface area contributed by atoms with Crippen LogP contribution >= 0.6 is 47.0 Å². The van der Waals surface area contributed by atoms with E-state index < -0.39 is 0 Å². The molecule has 2 aliphatic rings. The summed E-state index contributed by atoms with van der Waals surface area (Å²) in [5.41, 5.74) is -0.0464. The molecule has 1 aromatic rings. The smallest absolute Gasteiger partial charge is 0.150 e. The molecule has 0 amide bonds. The first-order chi connectivity index (χ1) is 12.1. The molecule has 0 radical (unpaired) electrons. The van der Waals surface area contributed by atoms with E-state index in [2.05, 4.69) is 0 Å². The second-order valence-corrected chi connectivity index (χ2v) is 8.98. The third-order valence-electron chi connectivity index (χ3n) is 3.09. The third-order valence-corrected chi connectivity index (χ3v) is 8.30. The molecule has 0 unspecified atom stereocenters. The van der Waals surface area contributed by atoms with Gasteiger partial charge in [-0.2, -0.15) is 21.0 Å². The van der Waals surface area contributed by atoms with Gasteiger partial charge in [0.25, 0.3) is 0 Å². The fraction of sp³-hybridized carbons (Fsp3) is 0.0667. The molecule has 0 fully saturated rings. The van der Waals surface area contributed by atoms with Crippen LogP contribution in [0.2, 0.25) is 0 Å². The lowest BCUT2D eigenvalue weighted by molar-refractivity contribution is 0.378. The number of methoxy groups -OCH3 is 1. The minimum absolute atomic E-state index is 0.00346. The molecule has 25 heavy (non-hydrogen) atoms. The van der Waals surface area contributed by atoms with E-state index in [9.17, 15) is 5.11 Å². The number of phenols is 1. The number of thioether (sulfide) groups is 4. The van der Waals surface area contributed by atoms with Crippen LogP contribution in [-0.4, -0.2) is 12.2 Å². The number of hydrogen-bond acceptors (Lipinski definition) is 10. The quantitative estimate of drug-likeness (QED) is 0.681. The van der Waals surface area contributed by atoms with Crippen molar-refractivity contribution in [3.8, 4) is 35.8 Å². The van der Waals surface area contributed by atoms with E-state index in [-0.39, 0.29) is 16.9 Å². The van der Waals surface area contributed by atoms with Crippen LogP contribution in [-0.2, 0) is 0 Å². The Morgan fingerprint density at radius 3 is 1.44 bits per heavy atom. The number of benzene rings is 1.